The standard InChI is InChI=1S/C8H14O3/c1-8(2)10-5-3-4-7(6-9)11-8/h6-7H,3-5H2,1-2H3/t7-/m0/s1. The summed E-state index contributed by atoms with van der Waals surface area (Å²) in [6, 6.07) is 0. The summed E-state index contributed by atoms with van der Waals surface area (Å²) in [6.07, 6.45) is 2.23. The first kappa shape index (κ1) is 8.68. The highest BCUT2D eigenvalue weighted by Crippen LogP contribution is 2.20. The van der Waals surface area contributed by atoms with Crippen molar-refractivity contribution >= 4 is 6.29 Å². The minimum atomic E-state index is -0.595. The Morgan fingerprint density at radius 1 is 1.55 bits per heavy atom. The van der Waals surface area contributed by atoms with E-state index in [4.69, 9.17) is 9.47 Å². The molecule has 1 rings (SSSR count). The van der Waals surface area contributed by atoms with Gasteiger partial charge in [-0.05, 0) is 26.7 Å². The van der Waals surface area contributed by atoms with Crippen molar-refractivity contribution in [3.05, 3.63) is 0 Å². The fraction of sp³-hybridized carbons (Fsp3) is 0.875. The highest BCUT2D eigenvalue weighted by molar-refractivity contribution is 5.55. The zero-order chi connectivity index (χ0) is 8.32. The van der Waals surface area contributed by atoms with Crippen molar-refractivity contribution < 1.29 is 14.3 Å². The molecular formula is C8H14O3. The van der Waals surface area contributed by atoms with Gasteiger partial charge >= 0.3 is 0 Å². The molecule has 1 heterocycles. The van der Waals surface area contributed by atoms with Crippen LogP contribution in [0.1, 0.15) is 26.7 Å². The topological polar surface area (TPSA) is 35.5 Å². The minimum absolute atomic E-state index is 0.285. The van der Waals surface area contributed by atoms with Crippen LogP contribution < -0.4 is 0 Å². The van der Waals surface area contributed by atoms with E-state index in [9.17, 15) is 4.79 Å². The fourth-order valence-electron chi connectivity index (χ4n) is 1.16. The Hall–Kier alpha value is -0.410. The van der Waals surface area contributed by atoms with Crippen molar-refractivity contribution in [3.63, 3.8) is 0 Å². The van der Waals surface area contributed by atoms with E-state index in [1.807, 2.05) is 13.8 Å². The molecule has 0 bridgehead atoms. The second-order valence-corrected chi connectivity index (χ2v) is 3.18. The number of hydrogen-bond acceptors (Lipinski definition) is 3. The molecule has 1 saturated heterocycles. The Morgan fingerprint density at radius 3 is 2.91 bits per heavy atom. The molecule has 0 spiro atoms. The van der Waals surface area contributed by atoms with Gasteiger partial charge in [-0.2, -0.15) is 0 Å². The van der Waals surface area contributed by atoms with Gasteiger partial charge in [-0.1, -0.05) is 0 Å². The lowest BCUT2D eigenvalue weighted by molar-refractivity contribution is -0.217. The molecule has 0 aromatic carbocycles. The second-order valence-electron chi connectivity index (χ2n) is 3.18. The summed E-state index contributed by atoms with van der Waals surface area (Å²) in [5, 5.41) is 0. The highest BCUT2D eigenvalue weighted by atomic mass is 16.7. The smallest absolute Gasteiger partial charge is 0.163 e. The van der Waals surface area contributed by atoms with Crippen molar-refractivity contribution in [1.29, 1.82) is 0 Å². The fourth-order valence-corrected chi connectivity index (χ4v) is 1.16. The van der Waals surface area contributed by atoms with Gasteiger partial charge in [0.2, 0.25) is 0 Å². The molecule has 11 heavy (non-hydrogen) atoms. The van der Waals surface area contributed by atoms with Gasteiger partial charge in [0.25, 0.3) is 0 Å². The summed E-state index contributed by atoms with van der Waals surface area (Å²) in [5.74, 6) is -0.595. The van der Waals surface area contributed by atoms with Crippen molar-refractivity contribution in [2.75, 3.05) is 6.61 Å². The molecule has 1 atom stereocenters. The van der Waals surface area contributed by atoms with Gasteiger partial charge in [-0.15, -0.1) is 0 Å². The van der Waals surface area contributed by atoms with Crippen LogP contribution in [0.5, 0.6) is 0 Å². The largest absolute Gasteiger partial charge is 0.350 e. The molecule has 0 N–H and O–H groups in total. The number of hydrogen-bond donors (Lipinski definition) is 0. The van der Waals surface area contributed by atoms with E-state index < -0.39 is 5.79 Å². The van der Waals surface area contributed by atoms with Crippen LogP contribution in [-0.2, 0) is 14.3 Å². The first-order valence-corrected chi connectivity index (χ1v) is 3.91. The lowest BCUT2D eigenvalue weighted by atomic mass is 10.2. The quantitative estimate of drug-likeness (QED) is 0.536. The van der Waals surface area contributed by atoms with Gasteiger partial charge in [0, 0.05) is 0 Å². The van der Waals surface area contributed by atoms with Gasteiger partial charge < -0.3 is 14.3 Å². The van der Waals surface area contributed by atoms with Gasteiger partial charge in [0.05, 0.1) is 6.61 Å². The summed E-state index contributed by atoms with van der Waals surface area (Å²) < 4.78 is 10.7. The summed E-state index contributed by atoms with van der Waals surface area (Å²) in [7, 11) is 0. The normalized spacial score (nSPS) is 30.9. The Kier molecular flexibility index (Phi) is 2.62. The predicted molar refractivity (Wildman–Crippen MR) is 40.2 cm³/mol. The van der Waals surface area contributed by atoms with E-state index in [0.29, 0.717) is 6.61 Å². The highest BCUT2D eigenvalue weighted by Gasteiger charge is 2.26. The number of ether oxygens (including phenoxy) is 2. The molecule has 0 aliphatic carbocycles. The monoisotopic (exact) mass is 158 g/mol. The van der Waals surface area contributed by atoms with Crippen molar-refractivity contribution in [2.24, 2.45) is 0 Å². The van der Waals surface area contributed by atoms with E-state index in [1.54, 1.807) is 0 Å². The van der Waals surface area contributed by atoms with Gasteiger partial charge in [0.1, 0.15) is 12.4 Å². The van der Waals surface area contributed by atoms with Gasteiger partial charge in [0.15, 0.2) is 5.79 Å². The molecule has 1 aliphatic rings. The zero-order valence-corrected chi connectivity index (χ0v) is 7.00. The van der Waals surface area contributed by atoms with Gasteiger partial charge in [-0.3, -0.25) is 0 Å². The molecule has 0 radical (unpaired) electrons. The Labute approximate surface area is 66.7 Å². The van der Waals surface area contributed by atoms with E-state index in [0.717, 1.165) is 19.1 Å². The molecule has 0 aromatic heterocycles. The van der Waals surface area contributed by atoms with Crippen LogP contribution in [-0.4, -0.2) is 24.8 Å². The van der Waals surface area contributed by atoms with Crippen LogP contribution in [0.2, 0.25) is 0 Å². The minimum Gasteiger partial charge on any atom is -0.350 e. The summed E-state index contributed by atoms with van der Waals surface area (Å²) in [4.78, 5) is 10.4. The van der Waals surface area contributed by atoms with Crippen molar-refractivity contribution in [3.8, 4) is 0 Å². The average Bonchev–Trinajstić information content (AvgIpc) is 2.10. The van der Waals surface area contributed by atoms with Crippen LogP contribution in [0.4, 0.5) is 0 Å². The van der Waals surface area contributed by atoms with E-state index in [-0.39, 0.29) is 6.10 Å². The summed E-state index contributed by atoms with van der Waals surface area (Å²) in [5.41, 5.74) is 0. The maximum atomic E-state index is 10.4. The van der Waals surface area contributed by atoms with Crippen LogP contribution in [0.15, 0.2) is 0 Å². The molecule has 3 nitrogen and oxygen atoms in total. The Morgan fingerprint density at radius 2 is 2.27 bits per heavy atom. The average molecular weight is 158 g/mol. The van der Waals surface area contributed by atoms with Gasteiger partial charge in [-0.25, -0.2) is 0 Å². The number of carbonyl (C=O) groups is 1. The lowest BCUT2D eigenvalue weighted by Gasteiger charge is -2.24. The number of carbonyl (C=O) groups excluding carboxylic acids is 1. The molecule has 1 aliphatic heterocycles. The third-order valence-corrected chi connectivity index (χ3v) is 1.67. The molecule has 0 aromatic rings. The summed E-state index contributed by atoms with van der Waals surface area (Å²) >= 11 is 0. The van der Waals surface area contributed by atoms with E-state index >= 15 is 0 Å². The second kappa shape index (κ2) is 3.32. The predicted octanol–water partition coefficient (Wildman–Crippen LogP) is 1.12. The maximum absolute atomic E-state index is 10.4. The van der Waals surface area contributed by atoms with Crippen LogP contribution in [0, 0.1) is 0 Å². The molecule has 1 fully saturated rings. The van der Waals surface area contributed by atoms with Crippen molar-refractivity contribution in [1.82, 2.24) is 0 Å². The first-order chi connectivity index (χ1) is 5.14. The third kappa shape index (κ3) is 2.60. The third-order valence-electron chi connectivity index (χ3n) is 1.67. The number of aldehydes is 1. The Balaban J connectivity index is 2.53. The van der Waals surface area contributed by atoms with E-state index in [2.05, 4.69) is 0 Å². The first-order valence-electron chi connectivity index (χ1n) is 3.91. The molecule has 0 unspecified atom stereocenters. The van der Waals surface area contributed by atoms with E-state index in [1.165, 1.54) is 0 Å². The van der Waals surface area contributed by atoms with Crippen LogP contribution >= 0.6 is 0 Å². The summed E-state index contributed by atoms with van der Waals surface area (Å²) in [6.45, 7) is 4.33. The molecule has 64 valence electrons. The lowest BCUT2D eigenvalue weighted by Crippen LogP contribution is -2.31. The SMILES string of the molecule is CC1(C)OCCC[C@@H](C=O)O1. The molecular weight excluding hydrogens is 144 g/mol. The maximum Gasteiger partial charge on any atom is 0.163 e. The zero-order valence-electron chi connectivity index (χ0n) is 7.00. The molecule has 0 amide bonds. The Bertz CT molecular complexity index is 142. The molecule has 3 heteroatoms. The van der Waals surface area contributed by atoms with Crippen LogP contribution in [0.3, 0.4) is 0 Å². The van der Waals surface area contributed by atoms with Crippen LogP contribution in [0.25, 0.3) is 0 Å². The van der Waals surface area contributed by atoms with Crippen molar-refractivity contribution in [2.45, 2.75) is 38.6 Å². The molecule has 0 saturated carbocycles. The number of rotatable bonds is 1.